The molecule has 0 aliphatic heterocycles. The molecule has 136 valence electrons. The van der Waals surface area contributed by atoms with Crippen molar-refractivity contribution in [3.05, 3.63) is 0 Å². The van der Waals surface area contributed by atoms with Crippen molar-refractivity contribution in [2.24, 2.45) is 0 Å². The zero-order chi connectivity index (χ0) is 14.3. The topological polar surface area (TPSA) is 434 Å². The van der Waals surface area contributed by atoms with E-state index in [9.17, 15) is 0 Å². The van der Waals surface area contributed by atoms with Gasteiger partial charge in [0.2, 0.25) is 0 Å². The Kier molecular flexibility index (Phi) is 565. The molecule has 0 atom stereocenters. The van der Waals surface area contributed by atoms with Crippen molar-refractivity contribution in [3.63, 3.8) is 0 Å². The van der Waals surface area contributed by atoms with Gasteiger partial charge in [0, 0.05) is 0 Å². The van der Waals surface area contributed by atoms with Gasteiger partial charge in [0.15, 0.2) is 0 Å². The second-order valence-electron chi connectivity index (χ2n) is 1.15. The fraction of sp³-hybridized carbons (Fsp3) is 0. The summed E-state index contributed by atoms with van der Waals surface area (Å²) in [5, 5.41) is 101. The van der Waals surface area contributed by atoms with Crippen molar-refractivity contribution in [1.29, 1.82) is 0 Å². The number of hydrogen-bond acceptors (Lipinski definition) is 12. The standard InChI is InChI=1S/4BO3.12K.5H2O/c4*2-1(3)4;;;;;;;;;;;;;;;;;/h;;;;;;;;;;;;;;;;5*1H2/q4*-3;12*+1;;;;;. The van der Waals surface area contributed by atoms with E-state index in [4.69, 9.17) is 60.3 Å². The molecule has 0 aliphatic rings. The summed E-state index contributed by atoms with van der Waals surface area (Å²) in [6.45, 7) is 0. The van der Waals surface area contributed by atoms with Crippen LogP contribution >= 0.6 is 0 Å². The quantitative estimate of drug-likeness (QED) is 0.206. The minimum Gasteiger partial charge on any atom is -0.907 e. The maximum absolute atomic E-state index is 8.42. The van der Waals surface area contributed by atoms with E-state index < -0.39 is 29.3 Å². The van der Waals surface area contributed by atoms with Crippen molar-refractivity contribution in [3.8, 4) is 0 Å². The van der Waals surface area contributed by atoms with Gasteiger partial charge in [-0.25, -0.2) is 0 Å². The first kappa shape index (κ1) is 141. The van der Waals surface area contributed by atoms with E-state index in [0.717, 1.165) is 0 Å². The van der Waals surface area contributed by atoms with Crippen molar-refractivity contribution >= 4 is 29.3 Å². The monoisotopic (exact) mass is 794 g/mol. The van der Waals surface area contributed by atoms with Gasteiger partial charge in [-0.2, -0.15) is 0 Å². The fourth-order valence-corrected chi connectivity index (χ4v) is 0. The van der Waals surface area contributed by atoms with Crippen LogP contribution in [0.25, 0.3) is 0 Å². The molecule has 0 aromatic heterocycles. The van der Waals surface area contributed by atoms with Gasteiger partial charge in [-0.05, 0) is 0 Å². The van der Waals surface area contributed by atoms with Crippen LogP contribution in [0.5, 0.6) is 0 Å². The van der Waals surface area contributed by atoms with Crippen molar-refractivity contribution in [2.45, 2.75) is 0 Å². The molecule has 0 radical (unpaired) electrons. The molecule has 0 saturated carbocycles. The van der Waals surface area contributed by atoms with Gasteiger partial charge in [0.25, 0.3) is 0 Å². The molecule has 0 aromatic rings. The fourth-order valence-electron chi connectivity index (χ4n) is 0. The van der Waals surface area contributed by atoms with Crippen LogP contribution in [0.3, 0.4) is 0 Å². The molecule has 10 N–H and O–H groups in total. The summed E-state index contributed by atoms with van der Waals surface area (Å²) in [7, 11) is -11.7. The second kappa shape index (κ2) is 133. The van der Waals surface area contributed by atoms with E-state index >= 15 is 0 Å². The molecular formula is H10B4K12O17. The van der Waals surface area contributed by atoms with Crippen LogP contribution in [0, 0.1) is 0 Å². The van der Waals surface area contributed by atoms with Crippen LogP contribution < -0.4 is 677 Å². The molecule has 33 heteroatoms. The second-order valence-corrected chi connectivity index (χ2v) is 1.15. The predicted molar refractivity (Wildman–Crippen MR) is 41.1 cm³/mol. The summed E-state index contributed by atoms with van der Waals surface area (Å²) >= 11 is 0. The Balaban J connectivity index is -0.00000000261. The summed E-state index contributed by atoms with van der Waals surface area (Å²) in [5.74, 6) is 0. The molecule has 0 spiro atoms. The Bertz CT molecular complexity index is 89.0. The molecule has 33 heavy (non-hydrogen) atoms. The summed E-state index contributed by atoms with van der Waals surface area (Å²) in [6.07, 6.45) is 0. The molecule has 0 unspecified atom stereocenters. The molecule has 17 nitrogen and oxygen atoms in total. The average Bonchev–Trinajstić information content (AvgIpc) is 1.76. The third-order valence-electron chi connectivity index (χ3n) is 0. The van der Waals surface area contributed by atoms with Gasteiger partial charge >= 0.3 is 617 Å². The predicted octanol–water partition coefficient (Wildman–Crippen LogP) is -55.9. The average molecular weight is 794 g/mol. The van der Waals surface area contributed by atoms with E-state index in [2.05, 4.69) is 0 Å². The summed E-state index contributed by atoms with van der Waals surface area (Å²) in [6, 6.07) is 0. The first-order valence-corrected chi connectivity index (χ1v) is 2.83. The van der Waals surface area contributed by atoms with Gasteiger partial charge in [-0.15, -0.1) is 0 Å². The maximum Gasteiger partial charge on any atom is 1.00 e. The zero-order valence-electron chi connectivity index (χ0n) is 21.7. The zero-order valence-corrected chi connectivity index (χ0v) is 59.2. The number of rotatable bonds is 0. The molecule has 0 fully saturated rings. The Morgan fingerprint density at radius 2 is 0.182 bits per heavy atom. The Morgan fingerprint density at radius 1 is 0.182 bits per heavy atom. The maximum atomic E-state index is 8.42. The molecule has 0 saturated heterocycles. The van der Waals surface area contributed by atoms with Crippen LogP contribution in [-0.2, 0) is 0 Å². The molecule has 0 aromatic carbocycles. The van der Waals surface area contributed by atoms with Gasteiger partial charge < -0.3 is 87.7 Å². The van der Waals surface area contributed by atoms with Gasteiger partial charge in [0.1, 0.15) is 0 Å². The largest absolute Gasteiger partial charge is 1.00 e. The van der Waals surface area contributed by atoms with E-state index in [1.807, 2.05) is 0 Å². The van der Waals surface area contributed by atoms with E-state index in [1.54, 1.807) is 0 Å². The summed E-state index contributed by atoms with van der Waals surface area (Å²) < 4.78 is 0. The Labute approximate surface area is 705 Å². The summed E-state index contributed by atoms with van der Waals surface area (Å²) in [5.41, 5.74) is 0. The normalized spacial score (nSPS) is 3.27. The van der Waals surface area contributed by atoms with E-state index in [-0.39, 0.29) is 644 Å². The molecule has 0 rings (SSSR count). The summed E-state index contributed by atoms with van der Waals surface area (Å²) in [4.78, 5) is 0. The van der Waals surface area contributed by atoms with Crippen LogP contribution in [0.15, 0.2) is 0 Å². The molecule has 0 bridgehead atoms. The van der Waals surface area contributed by atoms with E-state index in [1.165, 1.54) is 0 Å². The van der Waals surface area contributed by atoms with Crippen molar-refractivity contribution in [2.75, 3.05) is 0 Å². The smallest absolute Gasteiger partial charge is 0.907 e. The van der Waals surface area contributed by atoms with Crippen LogP contribution in [0.4, 0.5) is 0 Å². The first-order valence-electron chi connectivity index (χ1n) is 2.83. The molecule has 0 amide bonds. The molecular weight excluding hydrogens is 784 g/mol. The van der Waals surface area contributed by atoms with Crippen molar-refractivity contribution in [1.82, 2.24) is 0 Å². The Morgan fingerprint density at radius 3 is 0.182 bits per heavy atom. The molecule has 0 aliphatic carbocycles. The van der Waals surface area contributed by atoms with Crippen LogP contribution in [0.2, 0.25) is 0 Å². The number of hydrogen-bond donors (Lipinski definition) is 0. The Hall–Kier alpha value is 19.2. The van der Waals surface area contributed by atoms with Crippen molar-refractivity contribution < 1.29 is 704 Å². The third kappa shape index (κ3) is 336. The first-order chi connectivity index (χ1) is 6.93. The minimum atomic E-state index is -2.92. The van der Waals surface area contributed by atoms with Gasteiger partial charge in [0.05, 0.1) is 0 Å². The van der Waals surface area contributed by atoms with Crippen LogP contribution in [0.1, 0.15) is 0 Å². The van der Waals surface area contributed by atoms with Gasteiger partial charge in [-0.1, -0.05) is 0 Å². The van der Waals surface area contributed by atoms with E-state index in [0.29, 0.717) is 0 Å². The van der Waals surface area contributed by atoms with Gasteiger partial charge in [-0.3, -0.25) is 29.3 Å². The molecule has 0 heterocycles. The SMILES string of the molecule is O.O.O.O.O.[K+].[K+].[K+].[K+].[K+].[K+].[K+].[K+].[K+].[K+].[K+].[K+].[O-]B([O-])[O-].[O-]B([O-])[O-].[O-]B([O-])[O-].[O-]B([O-])[O-]. The van der Waals surface area contributed by atoms with Crippen LogP contribution in [-0.4, -0.2) is 56.7 Å². The third-order valence-corrected chi connectivity index (χ3v) is 0. The minimum absolute atomic E-state index is 0.